The lowest BCUT2D eigenvalue weighted by atomic mass is 10.0. The third-order valence-corrected chi connectivity index (χ3v) is 2.83. The fourth-order valence-electron chi connectivity index (χ4n) is 2.02. The van der Waals surface area contributed by atoms with Gasteiger partial charge in [0.25, 0.3) is 0 Å². The fraction of sp³-hybridized carbons (Fsp3) is 1.00. The van der Waals surface area contributed by atoms with Gasteiger partial charge in [-0.15, -0.1) is 0 Å². The Morgan fingerprint density at radius 2 is 2.00 bits per heavy atom. The molecule has 2 fully saturated rings. The molecule has 0 spiro atoms. The van der Waals surface area contributed by atoms with Crippen LogP contribution in [0.15, 0.2) is 0 Å². The van der Waals surface area contributed by atoms with Crippen molar-refractivity contribution in [3.63, 3.8) is 0 Å². The molecule has 0 N–H and O–H groups in total. The molecule has 2 aliphatic rings. The minimum atomic E-state index is 0.0523. The Morgan fingerprint density at radius 3 is 2.79 bits per heavy atom. The van der Waals surface area contributed by atoms with Crippen LogP contribution < -0.4 is 0 Å². The Bertz CT molecular complexity index is 185. The van der Waals surface area contributed by atoms with Crippen molar-refractivity contribution < 1.29 is 18.9 Å². The number of hydrogen-bond acceptors (Lipinski definition) is 4. The van der Waals surface area contributed by atoms with Gasteiger partial charge in [0.05, 0.1) is 19.3 Å². The average Bonchev–Trinajstić information content (AvgIpc) is 2.72. The summed E-state index contributed by atoms with van der Waals surface area (Å²) in [6, 6.07) is 0. The normalized spacial score (nSPS) is 41.6. The summed E-state index contributed by atoms with van der Waals surface area (Å²) in [6.07, 6.45) is 0.392. The van der Waals surface area contributed by atoms with E-state index in [0.717, 1.165) is 6.61 Å². The Balaban J connectivity index is 1.78. The highest BCUT2D eigenvalue weighted by molar-refractivity contribution is 4.93. The predicted molar refractivity (Wildman–Crippen MR) is 50.0 cm³/mol. The van der Waals surface area contributed by atoms with Crippen molar-refractivity contribution in [3.05, 3.63) is 0 Å². The SMILES string of the molecule is CCOCOC1COC2C(C)COC12. The van der Waals surface area contributed by atoms with Crippen LogP contribution in [0, 0.1) is 5.92 Å². The van der Waals surface area contributed by atoms with E-state index in [1.807, 2.05) is 6.92 Å². The van der Waals surface area contributed by atoms with Crippen LogP contribution in [0.5, 0.6) is 0 Å². The average molecular weight is 202 g/mol. The zero-order chi connectivity index (χ0) is 9.97. The van der Waals surface area contributed by atoms with Crippen LogP contribution in [0.25, 0.3) is 0 Å². The van der Waals surface area contributed by atoms with Crippen molar-refractivity contribution in [3.8, 4) is 0 Å². The molecule has 0 bridgehead atoms. The van der Waals surface area contributed by atoms with Gasteiger partial charge in [0.2, 0.25) is 0 Å². The van der Waals surface area contributed by atoms with Crippen molar-refractivity contribution in [2.24, 2.45) is 5.92 Å². The maximum absolute atomic E-state index is 5.63. The summed E-state index contributed by atoms with van der Waals surface area (Å²) in [5.74, 6) is 0.487. The second-order valence-corrected chi connectivity index (χ2v) is 3.89. The molecule has 4 heteroatoms. The van der Waals surface area contributed by atoms with Gasteiger partial charge < -0.3 is 18.9 Å². The molecule has 82 valence electrons. The van der Waals surface area contributed by atoms with Crippen molar-refractivity contribution in [2.75, 3.05) is 26.6 Å². The predicted octanol–water partition coefficient (Wildman–Crippen LogP) is 0.799. The summed E-state index contributed by atoms with van der Waals surface area (Å²) in [5.41, 5.74) is 0. The number of hydrogen-bond donors (Lipinski definition) is 0. The van der Waals surface area contributed by atoms with E-state index in [0.29, 0.717) is 25.9 Å². The van der Waals surface area contributed by atoms with E-state index < -0.39 is 0 Å². The molecule has 0 radical (unpaired) electrons. The molecule has 2 saturated heterocycles. The summed E-state index contributed by atoms with van der Waals surface area (Å²) < 4.78 is 21.9. The van der Waals surface area contributed by atoms with Crippen LogP contribution in [0.2, 0.25) is 0 Å². The summed E-state index contributed by atoms with van der Waals surface area (Å²) in [5, 5.41) is 0. The smallest absolute Gasteiger partial charge is 0.147 e. The zero-order valence-electron chi connectivity index (χ0n) is 8.77. The molecule has 0 aromatic rings. The van der Waals surface area contributed by atoms with Gasteiger partial charge in [-0.1, -0.05) is 6.92 Å². The molecular formula is C10H18O4. The maximum atomic E-state index is 5.63. The summed E-state index contributed by atoms with van der Waals surface area (Å²) in [6.45, 7) is 6.53. The summed E-state index contributed by atoms with van der Waals surface area (Å²) >= 11 is 0. The van der Waals surface area contributed by atoms with Gasteiger partial charge in [0, 0.05) is 12.5 Å². The van der Waals surface area contributed by atoms with Gasteiger partial charge in [-0.05, 0) is 6.92 Å². The molecule has 14 heavy (non-hydrogen) atoms. The molecule has 2 rings (SSSR count). The van der Waals surface area contributed by atoms with Gasteiger partial charge in [-0.25, -0.2) is 0 Å². The second kappa shape index (κ2) is 4.57. The zero-order valence-corrected chi connectivity index (χ0v) is 8.77. The molecule has 0 amide bonds. The van der Waals surface area contributed by atoms with Gasteiger partial charge in [0.15, 0.2) is 0 Å². The first-order chi connectivity index (χ1) is 6.83. The quantitative estimate of drug-likeness (QED) is 0.499. The monoisotopic (exact) mass is 202 g/mol. The lowest BCUT2D eigenvalue weighted by Crippen LogP contribution is -2.31. The molecule has 2 heterocycles. The van der Waals surface area contributed by atoms with Crippen molar-refractivity contribution >= 4 is 0 Å². The third kappa shape index (κ3) is 1.93. The second-order valence-electron chi connectivity index (χ2n) is 3.89. The lowest BCUT2D eigenvalue weighted by molar-refractivity contribution is -0.115. The summed E-state index contributed by atoms with van der Waals surface area (Å²) in [4.78, 5) is 0. The highest BCUT2D eigenvalue weighted by Gasteiger charge is 2.46. The summed E-state index contributed by atoms with van der Waals surface area (Å²) in [7, 11) is 0. The Kier molecular flexibility index (Phi) is 3.38. The fourth-order valence-corrected chi connectivity index (χ4v) is 2.02. The molecule has 0 saturated carbocycles. The highest BCUT2D eigenvalue weighted by atomic mass is 16.7. The van der Waals surface area contributed by atoms with E-state index >= 15 is 0 Å². The van der Waals surface area contributed by atoms with Crippen molar-refractivity contribution in [1.82, 2.24) is 0 Å². The van der Waals surface area contributed by atoms with E-state index in [9.17, 15) is 0 Å². The molecule has 4 nitrogen and oxygen atoms in total. The Hall–Kier alpha value is -0.160. The van der Waals surface area contributed by atoms with E-state index in [4.69, 9.17) is 18.9 Å². The van der Waals surface area contributed by atoms with Crippen molar-refractivity contribution in [1.29, 1.82) is 0 Å². The molecule has 0 aromatic carbocycles. The van der Waals surface area contributed by atoms with Crippen LogP contribution in [0.4, 0.5) is 0 Å². The number of fused-ring (bicyclic) bond motifs is 1. The van der Waals surface area contributed by atoms with E-state index in [2.05, 4.69) is 6.92 Å². The van der Waals surface area contributed by atoms with Crippen LogP contribution >= 0.6 is 0 Å². The molecule has 0 aliphatic carbocycles. The van der Waals surface area contributed by atoms with Gasteiger partial charge in [-0.2, -0.15) is 0 Å². The number of rotatable bonds is 4. The first kappa shape index (κ1) is 10.4. The molecule has 2 aliphatic heterocycles. The van der Waals surface area contributed by atoms with Gasteiger partial charge in [0.1, 0.15) is 19.0 Å². The Morgan fingerprint density at radius 1 is 1.21 bits per heavy atom. The largest absolute Gasteiger partial charge is 0.372 e. The van der Waals surface area contributed by atoms with E-state index in [1.165, 1.54) is 0 Å². The topological polar surface area (TPSA) is 36.9 Å². The van der Waals surface area contributed by atoms with Crippen molar-refractivity contribution in [2.45, 2.75) is 32.2 Å². The molecule has 0 aromatic heterocycles. The van der Waals surface area contributed by atoms with Crippen LogP contribution in [0.3, 0.4) is 0 Å². The first-order valence-electron chi connectivity index (χ1n) is 5.25. The third-order valence-electron chi connectivity index (χ3n) is 2.83. The van der Waals surface area contributed by atoms with E-state index in [1.54, 1.807) is 0 Å². The first-order valence-corrected chi connectivity index (χ1v) is 5.25. The van der Waals surface area contributed by atoms with Gasteiger partial charge in [-0.3, -0.25) is 0 Å². The molecule has 4 unspecified atom stereocenters. The standard InChI is InChI=1S/C10H18O4/c1-3-11-6-14-8-5-13-9-7(2)4-12-10(8)9/h7-10H,3-6H2,1-2H3. The van der Waals surface area contributed by atoms with E-state index in [-0.39, 0.29) is 18.3 Å². The van der Waals surface area contributed by atoms with Crippen LogP contribution in [0.1, 0.15) is 13.8 Å². The minimum Gasteiger partial charge on any atom is -0.372 e. The highest BCUT2D eigenvalue weighted by Crippen LogP contribution is 2.32. The van der Waals surface area contributed by atoms with Gasteiger partial charge >= 0.3 is 0 Å². The molecular weight excluding hydrogens is 184 g/mol. The number of ether oxygens (including phenoxy) is 4. The van der Waals surface area contributed by atoms with Crippen LogP contribution in [-0.2, 0) is 18.9 Å². The maximum Gasteiger partial charge on any atom is 0.147 e. The minimum absolute atomic E-state index is 0.0523. The Labute approximate surface area is 84.5 Å². The lowest BCUT2D eigenvalue weighted by Gasteiger charge is -2.16. The molecule has 4 atom stereocenters. The van der Waals surface area contributed by atoms with Crippen LogP contribution in [-0.4, -0.2) is 44.9 Å².